The van der Waals surface area contributed by atoms with E-state index in [4.69, 9.17) is 4.74 Å². The molecule has 1 saturated carbocycles. The lowest BCUT2D eigenvalue weighted by Crippen LogP contribution is -2.33. The predicted octanol–water partition coefficient (Wildman–Crippen LogP) is 2.91. The van der Waals surface area contributed by atoms with Gasteiger partial charge in [0, 0.05) is 6.04 Å². The van der Waals surface area contributed by atoms with E-state index in [-0.39, 0.29) is 5.91 Å². The van der Waals surface area contributed by atoms with E-state index in [0.29, 0.717) is 12.5 Å². The van der Waals surface area contributed by atoms with E-state index in [1.54, 1.807) is 7.11 Å². The molecule has 2 rings (SSSR count). The van der Waals surface area contributed by atoms with Gasteiger partial charge in [-0.2, -0.15) is 0 Å². The van der Waals surface area contributed by atoms with Gasteiger partial charge >= 0.3 is 0 Å². The van der Waals surface area contributed by atoms with Gasteiger partial charge in [0.15, 0.2) is 0 Å². The topological polar surface area (TPSA) is 38.3 Å². The van der Waals surface area contributed by atoms with E-state index in [0.717, 1.165) is 35.3 Å². The Morgan fingerprint density at radius 3 is 2.58 bits per heavy atom. The van der Waals surface area contributed by atoms with Crippen LogP contribution in [0.1, 0.15) is 42.4 Å². The molecular weight excluding hydrogens is 238 g/mol. The first-order valence-electron chi connectivity index (χ1n) is 7.04. The van der Waals surface area contributed by atoms with Crippen LogP contribution in [0.25, 0.3) is 0 Å². The lowest BCUT2D eigenvalue weighted by molar-refractivity contribution is -0.121. The molecule has 0 heterocycles. The van der Waals surface area contributed by atoms with Crippen molar-refractivity contribution in [1.82, 2.24) is 5.32 Å². The molecule has 0 atom stereocenters. The highest BCUT2D eigenvalue weighted by Gasteiger charge is 2.18. The van der Waals surface area contributed by atoms with Gasteiger partial charge in [-0.1, -0.05) is 18.9 Å². The molecule has 104 valence electrons. The number of hydrogen-bond acceptors (Lipinski definition) is 2. The highest BCUT2D eigenvalue weighted by molar-refractivity contribution is 5.79. The van der Waals surface area contributed by atoms with Crippen molar-refractivity contribution in [3.8, 4) is 5.75 Å². The molecule has 1 aliphatic rings. The van der Waals surface area contributed by atoms with Gasteiger partial charge in [0.25, 0.3) is 0 Å². The Hall–Kier alpha value is -1.51. The molecule has 0 bridgehead atoms. The number of ether oxygens (including phenoxy) is 1. The molecule has 0 saturated heterocycles. The van der Waals surface area contributed by atoms with Crippen LogP contribution in [-0.2, 0) is 11.2 Å². The third-order valence-electron chi connectivity index (χ3n) is 4.14. The third kappa shape index (κ3) is 3.28. The number of hydrogen-bond donors (Lipinski definition) is 1. The van der Waals surface area contributed by atoms with Gasteiger partial charge in [0.05, 0.1) is 13.5 Å². The Bertz CT molecular complexity index is 462. The highest BCUT2D eigenvalue weighted by Crippen LogP contribution is 2.24. The van der Waals surface area contributed by atoms with Crippen molar-refractivity contribution in [2.24, 2.45) is 0 Å². The van der Waals surface area contributed by atoms with E-state index in [9.17, 15) is 4.79 Å². The second-order valence-electron chi connectivity index (χ2n) is 5.40. The Balaban J connectivity index is 2.02. The van der Waals surface area contributed by atoms with Crippen LogP contribution < -0.4 is 10.1 Å². The van der Waals surface area contributed by atoms with Gasteiger partial charge in [-0.25, -0.2) is 0 Å². The molecule has 1 amide bonds. The average molecular weight is 261 g/mol. The number of benzene rings is 1. The molecule has 1 aromatic carbocycles. The number of carbonyl (C=O) groups excluding carboxylic acids is 1. The van der Waals surface area contributed by atoms with E-state index >= 15 is 0 Å². The lowest BCUT2D eigenvalue weighted by Gasteiger charge is -2.15. The maximum absolute atomic E-state index is 12.0. The van der Waals surface area contributed by atoms with Crippen molar-refractivity contribution in [2.75, 3.05) is 7.11 Å². The SMILES string of the molecule is COc1ccc(CC(=O)NC2CCCC2)c(C)c1C. The zero-order valence-corrected chi connectivity index (χ0v) is 12.1. The van der Waals surface area contributed by atoms with Crippen LogP contribution in [0.5, 0.6) is 5.75 Å². The largest absolute Gasteiger partial charge is 0.496 e. The summed E-state index contributed by atoms with van der Waals surface area (Å²) in [6, 6.07) is 4.34. The Kier molecular flexibility index (Phi) is 4.46. The van der Waals surface area contributed by atoms with Crippen molar-refractivity contribution in [3.63, 3.8) is 0 Å². The van der Waals surface area contributed by atoms with Crippen LogP contribution in [0.15, 0.2) is 12.1 Å². The zero-order chi connectivity index (χ0) is 13.8. The van der Waals surface area contributed by atoms with E-state index < -0.39 is 0 Å². The van der Waals surface area contributed by atoms with Crippen molar-refractivity contribution < 1.29 is 9.53 Å². The van der Waals surface area contributed by atoms with Gasteiger partial charge in [0.2, 0.25) is 5.91 Å². The summed E-state index contributed by atoms with van der Waals surface area (Å²) in [5, 5.41) is 3.13. The minimum absolute atomic E-state index is 0.138. The molecule has 0 aromatic heterocycles. The molecule has 0 spiro atoms. The maximum atomic E-state index is 12.0. The molecule has 1 aromatic rings. The first kappa shape index (κ1) is 13.9. The Morgan fingerprint density at radius 1 is 1.26 bits per heavy atom. The molecular formula is C16H23NO2. The van der Waals surface area contributed by atoms with Crippen LogP contribution in [-0.4, -0.2) is 19.1 Å². The standard InChI is InChI=1S/C16H23NO2/c1-11-12(2)15(19-3)9-8-13(11)10-16(18)17-14-6-4-5-7-14/h8-9,14H,4-7,10H2,1-3H3,(H,17,18). The number of carbonyl (C=O) groups is 1. The van der Waals surface area contributed by atoms with E-state index in [1.165, 1.54) is 12.8 Å². The lowest BCUT2D eigenvalue weighted by atomic mass is 9.99. The van der Waals surface area contributed by atoms with Crippen molar-refractivity contribution in [2.45, 2.75) is 52.0 Å². The van der Waals surface area contributed by atoms with Crippen LogP contribution in [0.4, 0.5) is 0 Å². The quantitative estimate of drug-likeness (QED) is 0.905. The molecule has 3 nitrogen and oxygen atoms in total. The summed E-state index contributed by atoms with van der Waals surface area (Å²) in [4.78, 5) is 12.0. The monoisotopic (exact) mass is 261 g/mol. The second-order valence-corrected chi connectivity index (χ2v) is 5.40. The molecule has 0 unspecified atom stereocenters. The summed E-state index contributed by atoms with van der Waals surface area (Å²) in [6.07, 6.45) is 5.21. The molecule has 1 aliphatic carbocycles. The molecule has 1 N–H and O–H groups in total. The number of methoxy groups -OCH3 is 1. The van der Waals surface area contributed by atoms with Crippen LogP contribution in [0.3, 0.4) is 0 Å². The van der Waals surface area contributed by atoms with E-state index in [1.807, 2.05) is 19.1 Å². The van der Waals surface area contributed by atoms with Crippen LogP contribution >= 0.6 is 0 Å². The van der Waals surface area contributed by atoms with Crippen molar-refractivity contribution in [3.05, 3.63) is 28.8 Å². The van der Waals surface area contributed by atoms with Crippen LogP contribution in [0, 0.1) is 13.8 Å². The summed E-state index contributed by atoms with van der Waals surface area (Å²) < 4.78 is 5.29. The predicted molar refractivity (Wildman–Crippen MR) is 76.6 cm³/mol. The molecule has 3 heteroatoms. The van der Waals surface area contributed by atoms with Crippen LogP contribution in [0.2, 0.25) is 0 Å². The fraction of sp³-hybridized carbons (Fsp3) is 0.562. The molecule has 0 aliphatic heterocycles. The number of amides is 1. The fourth-order valence-electron chi connectivity index (χ4n) is 2.79. The Labute approximate surface area is 115 Å². The number of rotatable bonds is 4. The fourth-order valence-corrected chi connectivity index (χ4v) is 2.79. The number of nitrogens with one attached hydrogen (secondary N) is 1. The van der Waals surface area contributed by atoms with Crippen molar-refractivity contribution >= 4 is 5.91 Å². The highest BCUT2D eigenvalue weighted by atomic mass is 16.5. The van der Waals surface area contributed by atoms with Gasteiger partial charge < -0.3 is 10.1 Å². The van der Waals surface area contributed by atoms with Gasteiger partial charge in [-0.3, -0.25) is 4.79 Å². The maximum Gasteiger partial charge on any atom is 0.224 e. The summed E-state index contributed by atoms with van der Waals surface area (Å²) in [5.41, 5.74) is 3.36. The average Bonchev–Trinajstić information content (AvgIpc) is 2.88. The molecule has 1 fully saturated rings. The third-order valence-corrected chi connectivity index (χ3v) is 4.14. The first-order valence-corrected chi connectivity index (χ1v) is 7.04. The summed E-state index contributed by atoms with van der Waals surface area (Å²) >= 11 is 0. The summed E-state index contributed by atoms with van der Waals surface area (Å²) in [5.74, 6) is 1.03. The smallest absolute Gasteiger partial charge is 0.224 e. The van der Waals surface area contributed by atoms with E-state index in [2.05, 4.69) is 12.2 Å². The normalized spacial score (nSPS) is 15.5. The summed E-state index contributed by atoms with van der Waals surface area (Å²) in [7, 11) is 1.67. The molecule has 19 heavy (non-hydrogen) atoms. The summed E-state index contributed by atoms with van der Waals surface area (Å²) in [6.45, 7) is 4.09. The minimum atomic E-state index is 0.138. The van der Waals surface area contributed by atoms with Crippen molar-refractivity contribution in [1.29, 1.82) is 0 Å². The zero-order valence-electron chi connectivity index (χ0n) is 12.1. The molecule has 0 radical (unpaired) electrons. The van der Waals surface area contributed by atoms with Gasteiger partial charge in [0.1, 0.15) is 5.75 Å². The first-order chi connectivity index (χ1) is 9.11. The Morgan fingerprint density at radius 2 is 1.95 bits per heavy atom. The van der Waals surface area contributed by atoms with Gasteiger partial charge in [-0.15, -0.1) is 0 Å². The second kappa shape index (κ2) is 6.09. The minimum Gasteiger partial charge on any atom is -0.496 e. The van der Waals surface area contributed by atoms with Gasteiger partial charge in [-0.05, 0) is 49.4 Å².